The Kier molecular flexibility index (Phi) is 32.1. The fourth-order valence-electron chi connectivity index (χ4n) is 1.22. The van der Waals surface area contributed by atoms with Gasteiger partial charge in [-0.3, -0.25) is 4.79 Å². The fraction of sp³-hybridized carbons (Fsp3) is 0.933. The molecule has 0 aliphatic heterocycles. The van der Waals surface area contributed by atoms with Crippen LogP contribution in [-0.2, 0) is 14.6 Å². The highest BCUT2D eigenvalue weighted by Crippen LogP contribution is 2.24. The Balaban J connectivity index is 3.10. The number of hydrogen-bond acceptors (Lipinski definition) is 14. The fourth-order valence-corrected chi connectivity index (χ4v) is 11.4. The molecule has 0 rings (SSSR count). The highest BCUT2D eigenvalue weighted by Gasteiger charge is 2.03. The molecule has 0 unspecified atom stereocenters. The predicted molar refractivity (Wildman–Crippen MR) is 155 cm³/mol. The Bertz CT molecular complexity index is 344. The quantitative estimate of drug-likeness (QED) is 0.0608. The highest BCUT2D eigenvalue weighted by molar-refractivity contribution is 8.30. The van der Waals surface area contributed by atoms with E-state index in [4.69, 9.17) is 14.9 Å². The van der Waals surface area contributed by atoms with Gasteiger partial charge in [0.2, 0.25) is 0 Å². The van der Waals surface area contributed by atoms with Crippen LogP contribution >= 0.6 is 118 Å². The molecule has 0 radical (unpaired) electrons. The van der Waals surface area contributed by atoms with Crippen molar-refractivity contribution in [3.8, 4) is 0 Å². The molecule has 0 aliphatic carbocycles. The van der Waals surface area contributed by atoms with Crippen molar-refractivity contribution < 1.29 is 19.7 Å². The second-order valence-corrected chi connectivity index (χ2v) is 17.1. The lowest BCUT2D eigenvalue weighted by atomic mass is 10.9. The normalized spacial score (nSPS) is 11.2. The van der Waals surface area contributed by atoms with Gasteiger partial charge < -0.3 is 5.11 Å². The van der Waals surface area contributed by atoms with Crippen LogP contribution in [0.2, 0.25) is 0 Å². The van der Waals surface area contributed by atoms with Crippen molar-refractivity contribution >= 4 is 123 Å². The third kappa shape index (κ3) is 29.0. The Morgan fingerprint density at radius 1 is 0.724 bits per heavy atom. The van der Waals surface area contributed by atoms with Crippen LogP contribution in [0.4, 0.5) is 0 Å². The van der Waals surface area contributed by atoms with Gasteiger partial charge in [-0.25, -0.2) is 9.78 Å². The molecule has 0 atom stereocenters. The average molecular weight is 595 g/mol. The molecule has 0 aromatic rings. The number of carbonyl (C=O) groups is 1. The largest absolute Gasteiger partial charge is 0.396 e. The monoisotopic (exact) mass is 594 g/mol. The lowest BCUT2D eigenvalue weighted by Gasteiger charge is -2.04. The van der Waals surface area contributed by atoms with E-state index >= 15 is 0 Å². The minimum Gasteiger partial charge on any atom is -0.396 e. The molecule has 0 aromatic heterocycles. The Labute approximate surface area is 218 Å². The maximum absolute atomic E-state index is 11.8. The standard InChI is InChI=1S/C15H30O4S10/c1-20-8-25-12-28-14-29-15(17)6-23-11-27-13-26-10-22-5-3-18-19-7-24-9-21-4-2-16/h16H,2-14H2,1H3. The molecule has 14 heteroatoms. The molecule has 0 heterocycles. The van der Waals surface area contributed by atoms with Gasteiger partial charge in [0.05, 0.1) is 19.0 Å². The second-order valence-electron chi connectivity index (χ2n) is 4.60. The van der Waals surface area contributed by atoms with Crippen molar-refractivity contribution in [1.29, 1.82) is 0 Å². The van der Waals surface area contributed by atoms with Gasteiger partial charge in [0.25, 0.3) is 0 Å². The van der Waals surface area contributed by atoms with Crippen LogP contribution in [0, 0.1) is 0 Å². The van der Waals surface area contributed by atoms with Crippen molar-refractivity contribution in [2.75, 3.05) is 78.3 Å². The summed E-state index contributed by atoms with van der Waals surface area (Å²) in [7, 11) is 0. The molecule has 0 aliphatic rings. The molecule has 0 saturated heterocycles. The van der Waals surface area contributed by atoms with Gasteiger partial charge in [-0.2, -0.15) is 11.8 Å². The third-order valence-electron chi connectivity index (χ3n) is 2.32. The van der Waals surface area contributed by atoms with Crippen molar-refractivity contribution in [1.82, 2.24) is 0 Å². The molecular weight excluding hydrogens is 565 g/mol. The van der Waals surface area contributed by atoms with Crippen molar-refractivity contribution in [2.24, 2.45) is 0 Å². The van der Waals surface area contributed by atoms with Gasteiger partial charge in [0.1, 0.15) is 5.94 Å². The summed E-state index contributed by atoms with van der Waals surface area (Å²) in [5, 5.41) is 16.0. The van der Waals surface area contributed by atoms with E-state index in [1.54, 1.807) is 35.3 Å². The zero-order chi connectivity index (χ0) is 21.3. The molecule has 4 nitrogen and oxygen atoms in total. The number of aliphatic hydroxyl groups is 1. The number of carbonyl (C=O) groups excluding carboxylic acids is 1. The van der Waals surface area contributed by atoms with Crippen molar-refractivity contribution in [3.05, 3.63) is 0 Å². The van der Waals surface area contributed by atoms with Gasteiger partial charge in [-0.05, 0) is 6.26 Å². The Hall–Kier alpha value is 3.05. The van der Waals surface area contributed by atoms with E-state index in [2.05, 4.69) is 6.26 Å². The molecule has 0 saturated carbocycles. The van der Waals surface area contributed by atoms with Gasteiger partial charge in [0.15, 0.2) is 5.12 Å². The summed E-state index contributed by atoms with van der Waals surface area (Å²) >= 11 is 17.7. The minimum atomic E-state index is 0.228. The summed E-state index contributed by atoms with van der Waals surface area (Å²) in [6.45, 7) is 0.832. The molecule has 0 fully saturated rings. The molecule has 174 valence electrons. The molecule has 1 N–H and O–H groups in total. The topological polar surface area (TPSA) is 55.8 Å². The smallest absolute Gasteiger partial charge is 0.199 e. The molecule has 0 spiro atoms. The summed E-state index contributed by atoms with van der Waals surface area (Å²) in [6.07, 6.45) is 2.11. The first-order valence-corrected chi connectivity index (χ1v) is 20.0. The van der Waals surface area contributed by atoms with Gasteiger partial charge in [-0.1, -0.05) is 11.8 Å². The van der Waals surface area contributed by atoms with Gasteiger partial charge in [0, 0.05) is 47.1 Å². The lowest BCUT2D eigenvalue weighted by molar-refractivity contribution is -0.274. The zero-order valence-corrected chi connectivity index (χ0v) is 24.6. The number of hydrogen-bond donors (Lipinski definition) is 1. The number of aliphatic hydroxyl groups excluding tert-OH is 1. The molecule has 0 aromatic carbocycles. The first-order chi connectivity index (χ1) is 14.3. The highest BCUT2D eigenvalue weighted by atomic mass is 32.3. The Morgan fingerprint density at radius 2 is 1.34 bits per heavy atom. The van der Waals surface area contributed by atoms with E-state index in [1.165, 1.54) is 11.8 Å². The van der Waals surface area contributed by atoms with Crippen LogP contribution < -0.4 is 0 Å². The van der Waals surface area contributed by atoms with E-state index in [-0.39, 0.29) is 6.61 Å². The van der Waals surface area contributed by atoms with E-state index in [1.807, 2.05) is 70.6 Å². The summed E-state index contributed by atoms with van der Waals surface area (Å²) in [4.78, 5) is 22.0. The SMILES string of the molecule is CSCSCSCSC(=O)CSCSCSCSCCOOCSCSCCO. The maximum atomic E-state index is 11.8. The lowest BCUT2D eigenvalue weighted by Crippen LogP contribution is -1.99. The average Bonchev–Trinajstić information content (AvgIpc) is 2.73. The number of thioether (sulfide) groups is 10. The first-order valence-electron chi connectivity index (χ1n) is 8.43. The molecular formula is C15H30O4S10. The summed E-state index contributed by atoms with van der Waals surface area (Å²) in [5.74, 6) is 2.85. The van der Waals surface area contributed by atoms with Crippen LogP contribution in [0.25, 0.3) is 0 Å². The van der Waals surface area contributed by atoms with Gasteiger partial charge >= 0.3 is 0 Å². The van der Waals surface area contributed by atoms with E-state index in [0.717, 1.165) is 47.1 Å². The third-order valence-corrected chi connectivity index (χ3v) is 14.0. The minimum absolute atomic E-state index is 0.228. The number of rotatable bonds is 24. The second kappa shape index (κ2) is 29.1. The summed E-state index contributed by atoms with van der Waals surface area (Å²) < 4.78 is 0. The van der Waals surface area contributed by atoms with Crippen molar-refractivity contribution in [2.45, 2.75) is 0 Å². The predicted octanol–water partition coefficient (Wildman–Crippen LogP) is 6.08. The van der Waals surface area contributed by atoms with Crippen molar-refractivity contribution in [3.63, 3.8) is 0 Å². The van der Waals surface area contributed by atoms with Crippen LogP contribution in [0.3, 0.4) is 0 Å². The Morgan fingerprint density at radius 3 is 2.10 bits per heavy atom. The molecule has 29 heavy (non-hydrogen) atoms. The first kappa shape index (κ1) is 32.0. The van der Waals surface area contributed by atoms with Crippen LogP contribution in [-0.4, -0.2) is 88.5 Å². The van der Waals surface area contributed by atoms with E-state index in [0.29, 0.717) is 23.4 Å². The van der Waals surface area contributed by atoms with Crippen LogP contribution in [0.15, 0.2) is 0 Å². The zero-order valence-electron chi connectivity index (χ0n) is 16.4. The van der Waals surface area contributed by atoms with E-state index in [9.17, 15) is 4.79 Å². The van der Waals surface area contributed by atoms with Gasteiger partial charge in [-0.15, -0.1) is 94.1 Å². The maximum Gasteiger partial charge on any atom is 0.199 e. The summed E-state index contributed by atoms with van der Waals surface area (Å²) in [5.41, 5.74) is 0. The van der Waals surface area contributed by atoms with Crippen LogP contribution in [0.1, 0.15) is 0 Å². The van der Waals surface area contributed by atoms with E-state index < -0.39 is 0 Å². The molecule has 0 amide bonds. The summed E-state index contributed by atoms with van der Waals surface area (Å²) in [6, 6.07) is 0. The van der Waals surface area contributed by atoms with Crippen LogP contribution in [0.5, 0.6) is 0 Å². The molecule has 0 bridgehead atoms.